The number of rotatable bonds is 5. The Morgan fingerprint density at radius 2 is 2.25 bits per heavy atom. The second-order valence-corrected chi connectivity index (χ2v) is 4.91. The molecule has 1 heterocycles. The summed E-state index contributed by atoms with van der Waals surface area (Å²) >= 11 is 4.59. The summed E-state index contributed by atoms with van der Waals surface area (Å²) in [4.78, 5) is 16.3. The van der Waals surface area contributed by atoms with Gasteiger partial charge in [-0.25, -0.2) is 9.78 Å². The minimum atomic E-state index is -0.372. The number of nitrogens with zero attached hydrogens (tertiary/aromatic N) is 1. The zero-order valence-electron chi connectivity index (χ0n) is 9.45. The lowest BCUT2D eigenvalue weighted by Gasteiger charge is -2.07. The summed E-state index contributed by atoms with van der Waals surface area (Å²) in [7, 11) is 0. The van der Waals surface area contributed by atoms with Crippen molar-refractivity contribution in [3.05, 3.63) is 9.88 Å². The summed E-state index contributed by atoms with van der Waals surface area (Å²) in [6.07, 6.45) is -0.0153. The predicted molar refractivity (Wildman–Crippen MR) is 66.5 cm³/mol. The van der Waals surface area contributed by atoms with Crippen molar-refractivity contribution in [3.63, 3.8) is 0 Å². The molecular formula is C10H14BrNO3S. The van der Waals surface area contributed by atoms with Gasteiger partial charge in [0.25, 0.3) is 0 Å². The van der Waals surface area contributed by atoms with Gasteiger partial charge in [0, 0.05) is 0 Å². The molecule has 16 heavy (non-hydrogen) atoms. The third-order valence-electron chi connectivity index (χ3n) is 1.56. The van der Waals surface area contributed by atoms with E-state index in [2.05, 4.69) is 20.9 Å². The molecule has 0 saturated carbocycles. The fourth-order valence-electron chi connectivity index (χ4n) is 1.03. The number of hydrogen-bond donors (Lipinski definition) is 0. The zero-order valence-corrected chi connectivity index (χ0v) is 11.9. The molecule has 0 aliphatic rings. The van der Waals surface area contributed by atoms with Crippen LogP contribution < -0.4 is 4.74 Å². The summed E-state index contributed by atoms with van der Waals surface area (Å²) in [6, 6.07) is 0. The summed E-state index contributed by atoms with van der Waals surface area (Å²) in [6.45, 7) is 5.90. The quantitative estimate of drug-likeness (QED) is 0.620. The molecule has 0 aliphatic heterocycles. The second kappa shape index (κ2) is 6.20. The lowest BCUT2D eigenvalue weighted by molar-refractivity contribution is 0.0525. The number of carbonyl (C=O) groups is 1. The van der Waals surface area contributed by atoms with E-state index in [0.29, 0.717) is 22.7 Å². The first-order valence-corrected chi connectivity index (χ1v) is 6.91. The minimum Gasteiger partial charge on any atom is -0.474 e. The van der Waals surface area contributed by atoms with Gasteiger partial charge in [-0.2, -0.15) is 0 Å². The maximum Gasteiger partial charge on any atom is 0.353 e. The lowest BCUT2D eigenvalue weighted by Crippen LogP contribution is -2.10. The van der Waals surface area contributed by atoms with E-state index in [9.17, 15) is 4.79 Å². The highest BCUT2D eigenvalue weighted by atomic mass is 79.9. The number of thiazole rings is 1. The molecule has 0 spiro atoms. The first-order valence-electron chi connectivity index (χ1n) is 4.97. The fourth-order valence-corrected chi connectivity index (χ4v) is 2.25. The van der Waals surface area contributed by atoms with Crippen LogP contribution in [0.25, 0.3) is 0 Å². The van der Waals surface area contributed by atoms with E-state index in [0.717, 1.165) is 5.01 Å². The Kier molecular flexibility index (Phi) is 5.21. The molecule has 0 N–H and O–H groups in total. The third-order valence-corrected chi connectivity index (χ3v) is 3.48. The number of hydrogen-bond acceptors (Lipinski definition) is 5. The van der Waals surface area contributed by atoms with Gasteiger partial charge in [0.2, 0.25) is 5.88 Å². The zero-order chi connectivity index (χ0) is 12.1. The second-order valence-electron chi connectivity index (χ2n) is 3.26. The molecule has 0 atom stereocenters. The maximum atomic E-state index is 11.6. The molecular weight excluding hydrogens is 294 g/mol. The Bertz CT molecular complexity index is 365. The number of esters is 1. The molecule has 4 nitrogen and oxygen atoms in total. The fraction of sp³-hybridized carbons (Fsp3) is 0.600. The standard InChI is InChI=1S/C10H14BrNO3S/c1-4-14-10(13)8-9(15-6(2)3)12-7(5-11)16-8/h6H,4-5H2,1-3H3. The Balaban J connectivity index is 2.95. The van der Waals surface area contributed by atoms with E-state index in [4.69, 9.17) is 9.47 Å². The van der Waals surface area contributed by atoms with Crippen molar-refractivity contribution >= 4 is 33.2 Å². The molecule has 6 heteroatoms. The maximum absolute atomic E-state index is 11.6. The highest BCUT2D eigenvalue weighted by molar-refractivity contribution is 9.08. The third kappa shape index (κ3) is 3.45. The van der Waals surface area contributed by atoms with E-state index < -0.39 is 0 Å². The Morgan fingerprint density at radius 3 is 2.75 bits per heavy atom. The molecule has 0 aliphatic carbocycles. The van der Waals surface area contributed by atoms with Crippen molar-refractivity contribution in [2.75, 3.05) is 6.61 Å². The Labute approximate surface area is 107 Å². The molecule has 0 fully saturated rings. The topological polar surface area (TPSA) is 48.4 Å². The molecule has 90 valence electrons. The van der Waals surface area contributed by atoms with Gasteiger partial charge in [-0.15, -0.1) is 11.3 Å². The molecule has 1 aromatic heterocycles. The monoisotopic (exact) mass is 307 g/mol. The molecule has 1 aromatic rings. The van der Waals surface area contributed by atoms with Crippen molar-refractivity contribution in [1.82, 2.24) is 4.98 Å². The molecule has 0 aromatic carbocycles. The Hall–Kier alpha value is -0.620. The highest BCUT2D eigenvalue weighted by Crippen LogP contribution is 2.28. The minimum absolute atomic E-state index is 0.0153. The first-order chi connectivity index (χ1) is 7.58. The van der Waals surface area contributed by atoms with Crippen molar-refractivity contribution in [3.8, 4) is 5.88 Å². The molecule has 0 amide bonds. The van der Waals surface area contributed by atoms with Crippen LogP contribution in [0, 0.1) is 0 Å². The predicted octanol–water partition coefficient (Wildman–Crippen LogP) is 3.00. The van der Waals surface area contributed by atoms with Gasteiger partial charge in [-0.1, -0.05) is 15.9 Å². The molecule has 0 unspecified atom stereocenters. The van der Waals surface area contributed by atoms with Crippen LogP contribution in [0.15, 0.2) is 0 Å². The van der Waals surface area contributed by atoms with Gasteiger partial charge in [0.1, 0.15) is 5.01 Å². The number of aromatic nitrogens is 1. The van der Waals surface area contributed by atoms with Gasteiger partial charge in [-0.3, -0.25) is 0 Å². The van der Waals surface area contributed by atoms with Crippen LogP contribution in [0.2, 0.25) is 0 Å². The average molecular weight is 308 g/mol. The molecule has 0 radical (unpaired) electrons. The number of alkyl halides is 1. The number of ether oxygens (including phenoxy) is 2. The number of carbonyl (C=O) groups excluding carboxylic acids is 1. The van der Waals surface area contributed by atoms with Crippen LogP contribution in [0.4, 0.5) is 0 Å². The largest absolute Gasteiger partial charge is 0.474 e. The van der Waals surface area contributed by atoms with Gasteiger partial charge in [0.05, 0.1) is 18.0 Å². The van der Waals surface area contributed by atoms with Crippen molar-refractivity contribution in [2.45, 2.75) is 32.2 Å². The summed E-state index contributed by atoms with van der Waals surface area (Å²) < 4.78 is 10.4. The van der Waals surface area contributed by atoms with Crippen LogP contribution in [-0.2, 0) is 10.1 Å². The van der Waals surface area contributed by atoms with Gasteiger partial charge < -0.3 is 9.47 Å². The van der Waals surface area contributed by atoms with Crippen LogP contribution in [0.3, 0.4) is 0 Å². The highest BCUT2D eigenvalue weighted by Gasteiger charge is 2.21. The van der Waals surface area contributed by atoms with Crippen molar-refractivity contribution < 1.29 is 14.3 Å². The van der Waals surface area contributed by atoms with E-state index in [-0.39, 0.29) is 12.1 Å². The SMILES string of the molecule is CCOC(=O)c1sc(CBr)nc1OC(C)C. The summed E-state index contributed by atoms with van der Waals surface area (Å²) in [5, 5.41) is 1.41. The van der Waals surface area contributed by atoms with Crippen LogP contribution in [-0.4, -0.2) is 23.7 Å². The van der Waals surface area contributed by atoms with E-state index in [1.807, 2.05) is 13.8 Å². The van der Waals surface area contributed by atoms with Gasteiger partial charge >= 0.3 is 5.97 Å². The summed E-state index contributed by atoms with van der Waals surface area (Å²) in [5.74, 6) is -0.00394. The molecule has 0 bridgehead atoms. The Morgan fingerprint density at radius 1 is 1.56 bits per heavy atom. The van der Waals surface area contributed by atoms with Crippen molar-refractivity contribution in [2.24, 2.45) is 0 Å². The van der Waals surface area contributed by atoms with E-state index >= 15 is 0 Å². The average Bonchev–Trinajstić information content (AvgIpc) is 2.60. The van der Waals surface area contributed by atoms with Crippen LogP contribution >= 0.6 is 27.3 Å². The van der Waals surface area contributed by atoms with Gasteiger partial charge in [0.15, 0.2) is 4.88 Å². The van der Waals surface area contributed by atoms with E-state index in [1.165, 1.54) is 11.3 Å². The molecule has 1 rings (SSSR count). The first kappa shape index (κ1) is 13.4. The number of halogens is 1. The normalized spacial score (nSPS) is 10.6. The smallest absolute Gasteiger partial charge is 0.353 e. The molecule has 0 saturated heterocycles. The lowest BCUT2D eigenvalue weighted by atomic mass is 10.4. The van der Waals surface area contributed by atoms with E-state index in [1.54, 1.807) is 6.92 Å². The van der Waals surface area contributed by atoms with Crippen LogP contribution in [0.1, 0.15) is 35.5 Å². The van der Waals surface area contributed by atoms with Crippen LogP contribution in [0.5, 0.6) is 5.88 Å². The van der Waals surface area contributed by atoms with Gasteiger partial charge in [-0.05, 0) is 20.8 Å². The van der Waals surface area contributed by atoms with Crippen molar-refractivity contribution in [1.29, 1.82) is 0 Å². The summed E-state index contributed by atoms with van der Waals surface area (Å²) in [5.41, 5.74) is 0.